The molecule has 18 heavy (non-hydrogen) atoms. The lowest BCUT2D eigenvalue weighted by atomic mass is 10.4. The van der Waals surface area contributed by atoms with Gasteiger partial charge in [0.05, 0.1) is 0 Å². The Morgan fingerprint density at radius 3 is 2.28 bits per heavy atom. The van der Waals surface area contributed by atoms with Gasteiger partial charge >= 0.3 is 0 Å². The Bertz CT molecular complexity index is 595. The summed E-state index contributed by atoms with van der Waals surface area (Å²) >= 11 is 16.6. The second-order valence-electron chi connectivity index (χ2n) is 3.22. The maximum absolute atomic E-state index is 5.02. The average Bonchev–Trinajstić information content (AvgIpc) is 2.93. The number of thioether (sulfide) groups is 2. The molecule has 0 aliphatic carbocycles. The maximum Gasteiger partial charge on any atom is 0.177 e. The van der Waals surface area contributed by atoms with Gasteiger partial charge in [-0.2, -0.15) is 10.2 Å². The molecule has 2 aromatic heterocycles. The van der Waals surface area contributed by atoms with Gasteiger partial charge in [0.15, 0.2) is 16.6 Å². The van der Waals surface area contributed by atoms with Gasteiger partial charge in [0, 0.05) is 11.0 Å². The number of nitrogens with one attached hydrogen (secondary N) is 2. The summed E-state index contributed by atoms with van der Waals surface area (Å²) in [6.45, 7) is 2.18. The van der Waals surface area contributed by atoms with Crippen molar-refractivity contribution in [2.24, 2.45) is 0 Å². The standard InChI is InChI=1S/C8H10N4S6/c1-2-4(16-8-12-10-6(14)18-8)3-15-7-11-9-5(13)17-7/h4H,2-3H2,1H3,(H,9,13)(H,10,14). The summed E-state index contributed by atoms with van der Waals surface area (Å²) in [6, 6.07) is 0. The van der Waals surface area contributed by atoms with Gasteiger partial charge in [0.2, 0.25) is 0 Å². The minimum atomic E-state index is 0.501. The van der Waals surface area contributed by atoms with Crippen molar-refractivity contribution in [1.82, 2.24) is 20.4 Å². The minimum Gasteiger partial charge on any atom is -0.257 e. The van der Waals surface area contributed by atoms with Crippen LogP contribution in [0.3, 0.4) is 0 Å². The first kappa shape index (κ1) is 14.7. The van der Waals surface area contributed by atoms with Crippen LogP contribution in [0, 0.1) is 7.91 Å². The summed E-state index contributed by atoms with van der Waals surface area (Å²) in [5, 5.41) is 14.4. The topological polar surface area (TPSA) is 57.4 Å². The van der Waals surface area contributed by atoms with E-state index in [2.05, 4.69) is 27.3 Å². The van der Waals surface area contributed by atoms with Gasteiger partial charge in [0.25, 0.3) is 0 Å². The van der Waals surface area contributed by atoms with Crippen LogP contribution in [0.5, 0.6) is 0 Å². The lowest BCUT2D eigenvalue weighted by Gasteiger charge is -2.10. The Kier molecular flexibility index (Phi) is 5.83. The smallest absolute Gasteiger partial charge is 0.177 e. The van der Waals surface area contributed by atoms with Gasteiger partial charge in [-0.25, -0.2) is 0 Å². The van der Waals surface area contributed by atoms with Crippen molar-refractivity contribution in [2.45, 2.75) is 27.3 Å². The number of nitrogens with zero attached hydrogens (tertiary/aromatic N) is 2. The number of hydrogen-bond acceptors (Lipinski definition) is 8. The molecule has 2 rings (SSSR count). The number of H-pyrrole nitrogens is 2. The van der Waals surface area contributed by atoms with E-state index in [1.807, 2.05) is 0 Å². The zero-order valence-electron chi connectivity index (χ0n) is 9.34. The fourth-order valence-corrected chi connectivity index (χ4v) is 5.89. The van der Waals surface area contributed by atoms with Crippen molar-refractivity contribution in [1.29, 1.82) is 0 Å². The van der Waals surface area contributed by atoms with Crippen LogP contribution in [0.2, 0.25) is 0 Å². The molecule has 98 valence electrons. The lowest BCUT2D eigenvalue weighted by molar-refractivity contribution is 0.906. The van der Waals surface area contributed by atoms with Crippen LogP contribution in [0.25, 0.3) is 0 Å². The summed E-state index contributed by atoms with van der Waals surface area (Å²) in [5.41, 5.74) is 0. The molecular formula is C8H10N4S6. The fraction of sp³-hybridized carbons (Fsp3) is 0.500. The molecule has 1 unspecified atom stereocenters. The third-order valence-corrected chi connectivity index (χ3v) is 7.11. The third-order valence-electron chi connectivity index (χ3n) is 1.95. The van der Waals surface area contributed by atoms with Crippen LogP contribution < -0.4 is 0 Å². The summed E-state index contributed by atoms with van der Waals surface area (Å²) in [6.07, 6.45) is 1.08. The van der Waals surface area contributed by atoms with Crippen LogP contribution in [0.1, 0.15) is 13.3 Å². The zero-order chi connectivity index (χ0) is 13.0. The number of aromatic nitrogens is 4. The van der Waals surface area contributed by atoms with Gasteiger partial charge < -0.3 is 0 Å². The van der Waals surface area contributed by atoms with Crippen molar-refractivity contribution in [2.75, 3.05) is 5.75 Å². The Hall–Kier alpha value is 0.260. The molecule has 0 radical (unpaired) electrons. The first-order valence-corrected chi connectivity index (χ1v) is 9.39. The van der Waals surface area contributed by atoms with Crippen LogP contribution in [0.15, 0.2) is 8.68 Å². The highest BCUT2D eigenvalue weighted by Crippen LogP contribution is 2.31. The molecule has 0 saturated heterocycles. The zero-order valence-corrected chi connectivity index (χ0v) is 14.2. The van der Waals surface area contributed by atoms with Crippen molar-refractivity contribution < 1.29 is 0 Å². The van der Waals surface area contributed by atoms with Gasteiger partial charge in [-0.05, 0) is 30.9 Å². The van der Waals surface area contributed by atoms with E-state index < -0.39 is 0 Å². The molecule has 2 aromatic rings. The van der Waals surface area contributed by atoms with E-state index in [1.54, 1.807) is 23.5 Å². The van der Waals surface area contributed by atoms with Crippen molar-refractivity contribution in [3.8, 4) is 0 Å². The number of aromatic amines is 2. The molecule has 2 heterocycles. The molecule has 0 aromatic carbocycles. The summed E-state index contributed by atoms with van der Waals surface area (Å²) in [5.74, 6) is 0.990. The van der Waals surface area contributed by atoms with E-state index in [0.717, 1.165) is 28.8 Å². The van der Waals surface area contributed by atoms with Crippen LogP contribution in [-0.4, -0.2) is 31.4 Å². The molecular weight excluding hydrogens is 345 g/mol. The monoisotopic (exact) mass is 354 g/mol. The van der Waals surface area contributed by atoms with Crippen LogP contribution in [-0.2, 0) is 0 Å². The molecule has 0 aliphatic heterocycles. The van der Waals surface area contributed by atoms with Gasteiger partial charge in [-0.15, -0.1) is 0 Å². The van der Waals surface area contributed by atoms with E-state index in [4.69, 9.17) is 24.4 Å². The molecule has 0 fully saturated rings. The molecule has 10 heteroatoms. The summed E-state index contributed by atoms with van der Waals surface area (Å²) in [4.78, 5) is 0. The Balaban J connectivity index is 1.89. The number of hydrogen-bond donors (Lipinski definition) is 2. The first-order chi connectivity index (χ1) is 8.67. The Morgan fingerprint density at radius 2 is 1.78 bits per heavy atom. The van der Waals surface area contributed by atoms with E-state index in [1.165, 1.54) is 22.7 Å². The first-order valence-electron chi connectivity index (χ1n) is 5.08. The van der Waals surface area contributed by atoms with Crippen LogP contribution in [0.4, 0.5) is 0 Å². The molecule has 2 N–H and O–H groups in total. The molecule has 0 bridgehead atoms. The van der Waals surface area contributed by atoms with Crippen molar-refractivity contribution in [3.05, 3.63) is 7.91 Å². The second kappa shape index (κ2) is 7.15. The second-order valence-corrected chi connectivity index (χ2v) is 9.36. The molecule has 0 aliphatic rings. The predicted octanol–water partition coefficient (Wildman–Crippen LogP) is 4.38. The molecule has 4 nitrogen and oxygen atoms in total. The summed E-state index contributed by atoms with van der Waals surface area (Å²) in [7, 11) is 0. The van der Waals surface area contributed by atoms with Gasteiger partial charge in [0.1, 0.15) is 0 Å². The van der Waals surface area contributed by atoms with Gasteiger partial charge in [-0.3, -0.25) is 10.2 Å². The molecule has 0 amide bonds. The summed E-state index contributed by atoms with van der Waals surface area (Å²) < 4.78 is 3.45. The SMILES string of the molecule is CCC(CSc1n[nH]c(=S)s1)Sc1n[nH]c(=S)s1. The lowest BCUT2D eigenvalue weighted by Crippen LogP contribution is -2.03. The fourth-order valence-electron chi connectivity index (χ4n) is 1.09. The Labute approximate surface area is 131 Å². The van der Waals surface area contributed by atoms with E-state index in [-0.39, 0.29) is 0 Å². The highest BCUT2D eigenvalue weighted by Gasteiger charge is 2.12. The minimum absolute atomic E-state index is 0.501. The van der Waals surface area contributed by atoms with Gasteiger partial charge in [-0.1, -0.05) is 53.1 Å². The van der Waals surface area contributed by atoms with Crippen LogP contribution >= 0.6 is 70.6 Å². The largest absolute Gasteiger partial charge is 0.257 e. The predicted molar refractivity (Wildman–Crippen MR) is 85.3 cm³/mol. The normalized spacial score (nSPS) is 12.7. The Morgan fingerprint density at radius 1 is 1.17 bits per heavy atom. The van der Waals surface area contributed by atoms with E-state index >= 15 is 0 Å². The van der Waals surface area contributed by atoms with Crippen molar-refractivity contribution in [3.63, 3.8) is 0 Å². The molecule has 1 atom stereocenters. The molecule has 0 saturated carbocycles. The van der Waals surface area contributed by atoms with E-state index in [0.29, 0.717) is 5.25 Å². The van der Waals surface area contributed by atoms with E-state index in [9.17, 15) is 0 Å². The molecule has 0 spiro atoms. The highest BCUT2D eigenvalue weighted by atomic mass is 32.2. The third kappa shape index (κ3) is 4.42. The maximum atomic E-state index is 5.02. The highest BCUT2D eigenvalue weighted by molar-refractivity contribution is 8.05. The van der Waals surface area contributed by atoms with Crippen molar-refractivity contribution >= 4 is 70.6 Å². The quantitative estimate of drug-likeness (QED) is 0.593. The average molecular weight is 355 g/mol. The number of rotatable bonds is 6.